The third-order valence-electron chi connectivity index (χ3n) is 7.78. The largest absolute Gasteiger partial charge is 0.493 e. The third kappa shape index (κ3) is 5.73. The Morgan fingerprint density at radius 1 is 0.925 bits per heavy atom. The Labute approximate surface area is 240 Å². The Hall–Kier alpha value is -3.40. The van der Waals surface area contributed by atoms with Gasteiger partial charge >= 0.3 is 0 Å². The highest BCUT2D eigenvalue weighted by Gasteiger charge is 2.43. The van der Waals surface area contributed by atoms with E-state index in [2.05, 4.69) is 22.8 Å². The number of imide groups is 1. The van der Waals surface area contributed by atoms with Gasteiger partial charge in [-0.1, -0.05) is 25.1 Å². The summed E-state index contributed by atoms with van der Waals surface area (Å²) in [6.07, 6.45) is 1.25. The molecule has 40 heavy (non-hydrogen) atoms. The number of rotatable bonds is 12. The summed E-state index contributed by atoms with van der Waals surface area (Å²) in [4.78, 5) is 35.2. The number of piperazine rings is 1. The summed E-state index contributed by atoms with van der Waals surface area (Å²) in [5.41, 5.74) is 2.65. The quantitative estimate of drug-likeness (QED) is 0.220. The lowest BCUT2D eigenvalue weighted by molar-refractivity contribution is 0.0553. The molecular weight excluding hydrogens is 526 g/mol. The highest BCUT2D eigenvalue weighted by atomic mass is 32.1. The molecule has 0 bridgehead atoms. The summed E-state index contributed by atoms with van der Waals surface area (Å²) in [5.74, 6) is 0.659. The summed E-state index contributed by atoms with van der Waals surface area (Å²) in [7, 11) is 3.17. The van der Waals surface area contributed by atoms with Gasteiger partial charge in [0.05, 0.1) is 43.7 Å². The van der Waals surface area contributed by atoms with Gasteiger partial charge in [-0.25, -0.2) is 0 Å². The number of carbonyl (C=O) groups is 2. The summed E-state index contributed by atoms with van der Waals surface area (Å²) < 4.78 is 16.9. The smallest absolute Gasteiger partial charge is 0.264 e. The summed E-state index contributed by atoms with van der Waals surface area (Å²) >= 11 is 1.67. The first-order chi connectivity index (χ1) is 19.5. The Bertz CT molecular complexity index is 1320. The van der Waals surface area contributed by atoms with Crippen molar-refractivity contribution in [2.75, 3.05) is 58.5 Å². The molecule has 1 atom stereocenters. The van der Waals surface area contributed by atoms with Crippen molar-refractivity contribution in [2.24, 2.45) is 0 Å². The Balaban J connectivity index is 1.41. The Morgan fingerprint density at radius 2 is 1.73 bits per heavy atom. The van der Waals surface area contributed by atoms with Crippen molar-refractivity contribution in [1.82, 2.24) is 9.80 Å². The average Bonchev–Trinajstić information content (AvgIpc) is 3.61. The van der Waals surface area contributed by atoms with Crippen molar-refractivity contribution in [3.8, 4) is 11.5 Å². The van der Waals surface area contributed by atoms with E-state index in [1.165, 1.54) is 9.78 Å². The topological polar surface area (TPSA) is 71.6 Å². The van der Waals surface area contributed by atoms with Gasteiger partial charge in [0.15, 0.2) is 11.5 Å². The summed E-state index contributed by atoms with van der Waals surface area (Å²) in [6, 6.07) is 14.8. The molecule has 2 aliphatic heterocycles. The van der Waals surface area contributed by atoms with E-state index in [-0.39, 0.29) is 11.8 Å². The number of methoxy groups -OCH3 is 2. The number of anilines is 1. The predicted molar refractivity (Wildman–Crippen MR) is 157 cm³/mol. The lowest BCUT2D eigenvalue weighted by Crippen LogP contribution is -2.46. The highest BCUT2D eigenvalue weighted by Crippen LogP contribution is 2.40. The number of likely N-dealkylation sites (N-methyl/N-ethyl adjacent to an activating group) is 1. The number of fused-ring (bicyclic) bond motifs is 1. The van der Waals surface area contributed by atoms with Crippen LogP contribution in [0.1, 0.15) is 57.0 Å². The minimum Gasteiger partial charge on any atom is -0.493 e. The van der Waals surface area contributed by atoms with Gasteiger partial charge in [-0.05, 0) is 60.7 Å². The predicted octanol–water partition coefficient (Wildman–Crippen LogP) is 5.24. The molecule has 1 aromatic heterocycles. The second-order valence-corrected chi connectivity index (χ2v) is 11.0. The molecule has 0 N–H and O–H groups in total. The molecular formula is C31H37N3O5S. The molecule has 3 heterocycles. The summed E-state index contributed by atoms with van der Waals surface area (Å²) in [6.45, 7) is 7.78. The van der Waals surface area contributed by atoms with Gasteiger partial charge in [-0.15, -0.1) is 11.3 Å². The molecule has 9 heteroatoms. The zero-order valence-electron chi connectivity index (χ0n) is 23.4. The molecule has 0 saturated carbocycles. The standard InChI is InChI=1S/C31H37N3O5S/c1-4-32-14-16-33(17-15-32)26-10-5-9-24-29(26)31(36)34(30(24)35)25(11-6-18-39-21-23-8-7-19-40-23)22-12-13-27(37-2)28(20-22)38-3/h5,7-10,12-13,19-20,25H,4,6,11,14-18,21H2,1-3H3. The molecule has 3 aromatic rings. The van der Waals surface area contributed by atoms with Crippen LogP contribution in [-0.2, 0) is 11.3 Å². The SMILES string of the molecule is CCN1CCN(c2cccc3c2C(=O)N(C(CCCOCc2cccs2)c2ccc(OC)c(OC)c2)C3=O)CC1. The van der Waals surface area contributed by atoms with E-state index >= 15 is 0 Å². The summed E-state index contributed by atoms with van der Waals surface area (Å²) in [5, 5.41) is 2.03. The Kier molecular flexibility index (Phi) is 9.04. The lowest BCUT2D eigenvalue weighted by atomic mass is 9.99. The normalized spacial score (nSPS) is 16.4. The van der Waals surface area contributed by atoms with Crippen molar-refractivity contribution in [2.45, 2.75) is 32.4 Å². The van der Waals surface area contributed by atoms with Crippen LogP contribution in [0, 0.1) is 0 Å². The lowest BCUT2D eigenvalue weighted by Gasteiger charge is -2.36. The van der Waals surface area contributed by atoms with Gasteiger partial charge in [0, 0.05) is 37.7 Å². The van der Waals surface area contributed by atoms with Gasteiger partial charge in [0.25, 0.3) is 11.8 Å². The van der Waals surface area contributed by atoms with E-state index in [0.717, 1.165) is 44.0 Å². The van der Waals surface area contributed by atoms with E-state index in [0.29, 0.717) is 48.7 Å². The van der Waals surface area contributed by atoms with Crippen molar-refractivity contribution >= 4 is 28.8 Å². The molecule has 0 radical (unpaired) electrons. The molecule has 8 nitrogen and oxygen atoms in total. The first-order valence-electron chi connectivity index (χ1n) is 13.9. The second kappa shape index (κ2) is 12.8. The molecule has 5 rings (SSSR count). The minimum atomic E-state index is -0.470. The molecule has 2 amide bonds. The monoisotopic (exact) mass is 563 g/mol. The van der Waals surface area contributed by atoms with Gasteiger partial charge in [0.1, 0.15) is 0 Å². The van der Waals surface area contributed by atoms with E-state index in [1.54, 1.807) is 31.6 Å². The molecule has 1 saturated heterocycles. The number of amides is 2. The van der Waals surface area contributed by atoms with Crippen molar-refractivity contribution in [3.05, 3.63) is 75.5 Å². The van der Waals surface area contributed by atoms with Crippen molar-refractivity contribution < 1.29 is 23.8 Å². The molecule has 0 aliphatic carbocycles. The van der Waals surface area contributed by atoms with Gasteiger partial charge in [-0.3, -0.25) is 14.5 Å². The maximum atomic E-state index is 14.1. The van der Waals surface area contributed by atoms with Crippen LogP contribution in [0.3, 0.4) is 0 Å². The number of hydrogen-bond acceptors (Lipinski definition) is 8. The van der Waals surface area contributed by atoms with Crippen LogP contribution in [-0.4, -0.2) is 75.2 Å². The molecule has 212 valence electrons. The number of carbonyl (C=O) groups excluding carboxylic acids is 2. The van der Waals surface area contributed by atoms with E-state index < -0.39 is 6.04 Å². The van der Waals surface area contributed by atoms with Crippen LogP contribution in [0.25, 0.3) is 0 Å². The Morgan fingerprint density at radius 3 is 2.42 bits per heavy atom. The van der Waals surface area contributed by atoms with Crippen LogP contribution in [0.4, 0.5) is 5.69 Å². The van der Waals surface area contributed by atoms with E-state index in [4.69, 9.17) is 14.2 Å². The first-order valence-corrected chi connectivity index (χ1v) is 14.7. The maximum Gasteiger partial charge on any atom is 0.264 e. The van der Waals surface area contributed by atoms with E-state index in [9.17, 15) is 9.59 Å². The first kappa shape index (κ1) is 28.1. The number of ether oxygens (including phenoxy) is 3. The fourth-order valence-corrected chi connectivity index (χ4v) is 6.23. The third-order valence-corrected chi connectivity index (χ3v) is 8.63. The number of nitrogens with zero attached hydrogens (tertiary/aromatic N) is 3. The number of thiophene rings is 1. The zero-order valence-corrected chi connectivity index (χ0v) is 24.2. The highest BCUT2D eigenvalue weighted by molar-refractivity contribution is 7.09. The molecule has 1 fully saturated rings. The number of hydrogen-bond donors (Lipinski definition) is 0. The fourth-order valence-electron chi connectivity index (χ4n) is 5.59. The van der Waals surface area contributed by atoms with Gasteiger partial charge in [0.2, 0.25) is 0 Å². The van der Waals surface area contributed by atoms with Gasteiger partial charge < -0.3 is 24.0 Å². The zero-order chi connectivity index (χ0) is 28.1. The minimum absolute atomic E-state index is 0.243. The molecule has 1 unspecified atom stereocenters. The number of benzene rings is 2. The van der Waals surface area contributed by atoms with Gasteiger partial charge in [-0.2, -0.15) is 0 Å². The van der Waals surface area contributed by atoms with Crippen LogP contribution >= 0.6 is 11.3 Å². The average molecular weight is 564 g/mol. The second-order valence-electron chi connectivity index (χ2n) is 10.0. The fraction of sp³-hybridized carbons (Fsp3) is 0.419. The molecule has 2 aliphatic rings. The van der Waals surface area contributed by atoms with Crippen LogP contribution in [0.15, 0.2) is 53.9 Å². The van der Waals surface area contributed by atoms with Crippen molar-refractivity contribution in [3.63, 3.8) is 0 Å². The van der Waals surface area contributed by atoms with Crippen LogP contribution in [0.5, 0.6) is 11.5 Å². The van der Waals surface area contributed by atoms with Crippen molar-refractivity contribution in [1.29, 1.82) is 0 Å². The van der Waals surface area contributed by atoms with Crippen LogP contribution in [0.2, 0.25) is 0 Å². The van der Waals surface area contributed by atoms with Crippen LogP contribution < -0.4 is 14.4 Å². The van der Waals surface area contributed by atoms with E-state index in [1.807, 2.05) is 41.8 Å². The molecule has 0 spiro atoms. The molecule has 2 aromatic carbocycles. The maximum absolute atomic E-state index is 14.1.